The number of hydrogen-bond acceptors (Lipinski definition) is 1. The summed E-state index contributed by atoms with van der Waals surface area (Å²) in [5, 5.41) is 0. The zero-order chi connectivity index (χ0) is 9.80. The van der Waals surface area contributed by atoms with Crippen molar-refractivity contribution < 1.29 is 4.74 Å². The molecule has 0 spiro atoms. The van der Waals surface area contributed by atoms with E-state index in [4.69, 9.17) is 4.74 Å². The van der Waals surface area contributed by atoms with Crippen LogP contribution >= 0.6 is 22.6 Å². The predicted molar refractivity (Wildman–Crippen MR) is 64.5 cm³/mol. The maximum atomic E-state index is 5.65. The van der Waals surface area contributed by atoms with E-state index in [9.17, 15) is 0 Å². The zero-order valence-corrected chi connectivity index (χ0v) is 9.56. The second-order valence-corrected chi connectivity index (χ2v) is 3.92. The third kappa shape index (κ3) is 2.26. The maximum absolute atomic E-state index is 5.65. The Balaban J connectivity index is 2.24. The van der Waals surface area contributed by atoms with E-state index in [0.29, 0.717) is 0 Å². The Hall–Kier alpha value is -1.03. The molecule has 2 aromatic rings. The van der Waals surface area contributed by atoms with Gasteiger partial charge >= 0.3 is 0 Å². The molecule has 0 N–H and O–H groups in total. The second-order valence-electron chi connectivity index (χ2n) is 2.76. The van der Waals surface area contributed by atoms with Gasteiger partial charge in [0.25, 0.3) is 0 Å². The van der Waals surface area contributed by atoms with Gasteiger partial charge in [0.2, 0.25) is 0 Å². The van der Waals surface area contributed by atoms with Gasteiger partial charge in [0.15, 0.2) is 0 Å². The molecule has 2 rings (SSSR count). The fraction of sp³-hybridized carbons (Fsp3) is 0. The molecule has 2 heteroatoms. The summed E-state index contributed by atoms with van der Waals surface area (Å²) >= 11 is 2.25. The number of benzene rings is 2. The molecule has 1 radical (unpaired) electrons. The monoisotopic (exact) mass is 295 g/mol. The number of para-hydroxylation sites is 2. The topological polar surface area (TPSA) is 9.23 Å². The van der Waals surface area contributed by atoms with Gasteiger partial charge in [-0.1, -0.05) is 30.3 Å². The van der Waals surface area contributed by atoms with Crippen LogP contribution in [-0.2, 0) is 0 Å². The highest BCUT2D eigenvalue weighted by Gasteiger charge is 1.99. The van der Waals surface area contributed by atoms with E-state index in [1.54, 1.807) is 0 Å². The quantitative estimate of drug-likeness (QED) is 0.764. The van der Waals surface area contributed by atoms with Gasteiger partial charge in [0.1, 0.15) is 11.5 Å². The lowest BCUT2D eigenvalue weighted by molar-refractivity contribution is 0.478. The van der Waals surface area contributed by atoms with Crippen molar-refractivity contribution in [1.82, 2.24) is 0 Å². The van der Waals surface area contributed by atoms with Crippen molar-refractivity contribution in [3.05, 3.63) is 58.2 Å². The Morgan fingerprint density at radius 2 is 1.79 bits per heavy atom. The van der Waals surface area contributed by atoms with Gasteiger partial charge in [0, 0.05) is 6.07 Å². The Bertz CT molecular complexity index is 412. The normalized spacial score (nSPS) is 9.79. The molecular weight excluding hydrogens is 287 g/mol. The van der Waals surface area contributed by atoms with Crippen LogP contribution in [-0.4, -0.2) is 0 Å². The summed E-state index contributed by atoms with van der Waals surface area (Å²) in [6.45, 7) is 0. The summed E-state index contributed by atoms with van der Waals surface area (Å²) in [4.78, 5) is 0. The van der Waals surface area contributed by atoms with E-state index in [1.807, 2.05) is 48.5 Å². The van der Waals surface area contributed by atoms with Crippen LogP contribution in [0.5, 0.6) is 11.5 Å². The molecule has 0 aromatic heterocycles. The highest BCUT2D eigenvalue weighted by atomic mass is 127. The summed E-state index contributed by atoms with van der Waals surface area (Å²) in [5.74, 6) is 1.62. The minimum atomic E-state index is 0.747. The van der Waals surface area contributed by atoms with Crippen molar-refractivity contribution in [2.75, 3.05) is 0 Å². The SMILES string of the molecule is Ic1ccccc1Oc1[c]cccc1. The molecular formula is C12H8IO. The van der Waals surface area contributed by atoms with Crippen molar-refractivity contribution in [2.24, 2.45) is 0 Å². The van der Waals surface area contributed by atoms with E-state index >= 15 is 0 Å². The van der Waals surface area contributed by atoms with E-state index in [1.165, 1.54) is 0 Å². The van der Waals surface area contributed by atoms with Gasteiger partial charge in [-0.2, -0.15) is 0 Å². The molecule has 0 aliphatic rings. The van der Waals surface area contributed by atoms with E-state index in [0.717, 1.165) is 15.1 Å². The standard InChI is InChI=1S/C12H8IO/c13-11-8-4-5-9-12(11)14-10-6-2-1-3-7-10/h1-6,8-9H. The third-order valence-electron chi connectivity index (χ3n) is 1.74. The molecule has 0 heterocycles. The Morgan fingerprint density at radius 1 is 1.00 bits per heavy atom. The smallest absolute Gasteiger partial charge is 0.140 e. The summed E-state index contributed by atoms with van der Waals surface area (Å²) in [6, 6.07) is 18.5. The first-order valence-corrected chi connectivity index (χ1v) is 5.33. The molecule has 14 heavy (non-hydrogen) atoms. The fourth-order valence-corrected chi connectivity index (χ4v) is 1.58. The zero-order valence-electron chi connectivity index (χ0n) is 7.41. The lowest BCUT2D eigenvalue weighted by Gasteiger charge is -2.06. The van der Waals surface area contributed by atoms with Gasteiger partial charge in [0.05, 0.1) is 3.57 Å². The van der Waals surface area contributed by atoms with Crippen LogP contribution in [0.3, 0.4) is 0 Å². The first-order valence-electron chi connectivity index (χ1n) is 4.25. The van der Waals surface area contributed by atoms with E-state index in [2.05, 4.69) is 28.7 Å². The van der Waals surface area contributed by atoms with Gasteiger partial charge < -0.3 is 4.74 Å². The summed E-state index contributed by atoms with van der Waals surface area (Å²) in [6.07, 6.45) is 0. The first-order chi connectivity index (χ1) is 6.86. The van der Waals surface area contributed by atoms with Crippen molar-refractivity contribution >= 4 is 22.6 Å². The lowest BCUT2D eigenvalue weighted by atomic mass is 10.3. The molecule has 0 atom stereocenters. The predicted octanol–water partition coefficient (Wildman–Crippen LogP) is 3.88. The molecule has 0 saturated carbocycles. The molecule has 0 fully saturated rings. The third-order valence-corrected chi connectivity index (χ3v) is 2.63. The van der Waals surface area contributed by atoms with Crippen LogP contribution in [0.2, 0.25) is 0 Å². The molecule has 1 nitrogen and oxygen atoms in total. The Labute approximate surface area is 96.9 Å². The van der Waals surface area contributed by atoms with Crippen LogP contribution in [0.4, 0.5) is 0 Å². The summed E-state index contributed by atoms with van der Waals surface area (Å²) < 4.78 is 6.75. The first kappa shape index (κ1) is 9.52. The number of rotatable bonds is 2. The van der Waals surface area contributed by atoms with Crippen molar-refractivity contribution in [3.63, 3.8) is 0 Å². The average Bonchev–Trinajstić information content (AvgIpc) is 2.23. The highest BCUT2D eigenvalue weighted by molar-refractivity contribution is 14.1. The molecule has 0 saturated heterocycles. The lowest BCUT2D eigenvalue weighted by Crippen LogP contribution is -1.85. The van der Waals surface area contributed by atoms with Crippen molar-refractivity contribution in [1.29, 1.82) is 0 Å². The van der Waals surface area contributed by atoms with Crippen LogP contribution < -0.4 is 4.74 Å². The van der Waals surface area contributed by atoms with Crippen molar-refractivity contribution in [2.45, 2.75) is 0 Å². The fourth-order valence-electron chi connectivity index (χ4n) is 1.09. The van der Waals surface area contributed by atoms with Gasteiger partial charge in [-0.15, -0.1) is 0 Å². The minimum Gasteiger partial charge on any atom is -0.456 e. The molecule has 0 bridgehead atoms. The maximum Gasteiger partial charge on any atom is 0.140 e. The summed E-state index contributed by atoms with van der Waals surface area (Å²) in [5.41, 5.74) is 0. The van der Waals surface area contributed by atoms with Gasteiger partial charge in [-0.25, -0.2) is 0 Å². The second kappa shape index (κ2) is 4.46. The van der Waals surface area contributed by atoms with Crippen LogP contribution in [0.25, 0.3) is 0 Å². The van der Waals surface area contributed by atoms with Gasteiger partial charge in [-0.05, 0) is 40.8 Å². The number of halogens is 1. The number of ether oxygens (including phenoxy) is 1. The highest BCUT2D eigenvalue weighted by Crippen LogP contribution is 2.25. The van der Waals surface area contributed by atoms with Crippen LogP contribution in [0.15, 0.2) is 48.5 Å². The number of hydrogen-bond donors (Lipinski definition) is 0. The van der Waals surface area contributed by atoms with Gasteiger partial charge in [-0.3, -0.25) is 0 Å². The molecule has 0 unspecified atom stereocenters. The minimum absolute atomic E-state index is 0.747. The molecule has 2 aromatic carbocycles. The van der Waals surface area contributed by atoms with Crippen molar-refractivity contribution in [3.8, 4) is 11.5 Å². The molecule has 0 aliphatic heterocycles. The largest absolute Gasteiger partial charge is 0.456 e. The van der Waals surface area contributed by atoms with Crippen LogP contribution in [0, 0.1) is 9.64 Å². The average molecular weight is 295 g/mol. The molecule has 69 valence electrons. The Kier molecular flexibility index (Phi) is 3.03. The van der Waals surface area contributed by atoms with E-state index in [-0.39, 0.29) is 0 Å². The van der Waals surface area contributed by atoms with E-state index < -0.39 is 0 Å². The van der Waals surface area contributed by atoms with Crippen LogP contribution in [0.1, 0.15) is 0 Å². The summed E-state index contributed by atoms with van der Waals surface area (Å²) in [7, 11) is 0. The molecule has 0 amide bonds. The molecule has 0 aliphatic carbocycles. The Morgan fingerprint density at radius 3 is 2.50 bits per heavy atom.